The van der Waals surface area contributed by atoms with Gasteiger partial charge >= 0.3 is 0 Å². The van der Waals surface area contributed by atoms with Gasteiger partial charge in [-0.1, -0.05) is 0 Å². The zero-order chi connectivity index (χ0) is 16.0. The van der Waals surface area contributed by atoms with Crippen LogP contribution in [0.1, 0.15) is 25.0 Å². The van der Waals surface area contributed by atoms with E-state index in [9.17, 15) is 0 Å². The van der Waals surface area contributed by atoms with E-state index in [1.54, 1.807) is 6.26 Å². The third-order valence-electron chi connectivity index (χ3n) is 4.71. The van der Waals surface area contributed by atoms with Crippen LogP contribution in [0.4, 0.5) is 0 Å². The fourth-order valence-corrected chi connectivity index (χ4v) is 3.36. The third kappa shape index (κ3) is 5.10. The van der Waals surface area contributed by atoms with E-state index in [1.807, 2.05) is 19.2 Å². The Balaban J connectivity index is 0.00000208. The molecule has 1 N–H and O–H groups in total. The van der Waals surface area contributed by atoms with E-state index in [0.29, 0.717) is 18.6 Å². The van der Waals surface area contributed by atoms with Crippen LogP contribution in [0.25, 0.3) is 0 Å². The van der Waals surface area contributed by atoms with E-state index >= 15 is 0 Å². The molecule has 2 aliphatic heterocycles. The van der Waals surface area contributed by atoms with Gasteiger partial charge < -0.3 is 24.1 Å². The largest absolute Gasteiger partial charge is 0.467 e. The molecule has 2 saturated heterocycles. The quantitative estimate of drug-likeness (QED) is 0.313. The van der Waals surface area contributed by atoms with Crippen molar-refractivity contribution >= 4 is 29.9 Å². The van der Waals surface area contributed by atoms with E-state index < -0.39 is 0 Å². The van der Waals surface area contributed by atoms with Gasteiger partial charge in [-0.3, -0.25) is 4.99 Å². The summed E-state index contributed by atoms with van der Waals surface area (Å²) in [6.07, 6.45) is 5.01. The van der Waals surface area contributed by atoms with E-state index in [1.165, 1.54) is 12.8 Å². The number of likely N-dealkylation sites (tertiary alicyclic amines) is 1. The van der Waals surface area contributed by atoms with Crippen molar-refractivity contribution in [1.82, 2.24) is 10.2 Å². The monoisotopic (exact) mass is 449 g/mol. The summed E-state index contributed by atoms with van der Waals surface area (Å²) in [4.78, 5) is 6.78. The first-order valence-corrected chi connectivity index (χ1v) is 8.45. The Morgan fingerprint density at radius 3 is 3.08 bits per heavy atom. The molecule has 0 bridgehead atoms. The Morgan fingerprint density at radius 2 is 2.38 bits per heavy atom. The zero-order valence-electron chi connectivity index (χ0n) is 14.3. The lowest BCUT2D eigenvalue weighted by Gasteiger charge is -2.24. The van der Waals surface area contributed by atoms with E-state index in [4.69, 9.17) is 13.9 Å². The highest BCUT2D eigenvalue weighted by atomic mass is 127. The summed E-state index contributed by atoms with van der Waals surface area (Å²) in [7, 11) is 1.85. The Morgan fingerprint density at radius 1 is 1.46 bits per heavy atom. The minimum Gasteiger partial charge on any atom is -0.467 e. The Labute approximate surface area is 161 Å². The summed E-state index contributed by atoms with van der Waals surface area (Å²) in [5.74, 6) is 1.87. The van der Waals surface area contributed by atoms with Gasteiger partial charge in [-0.15, -0.1) is 24.0 Å². The van der Waals surface area contributed by atoms with Crippen LogP contribution in [-0.4, -0.2) is 57.4 Å². The predicted octanol–water partition coefficient (Wildman–Crippen LogP) is 2.49. The number of hydrogen-bond donors (Lipinski definition) is 1. The van der Waals surface area contributed by atoms with Crippen molar-refractivity contribution in [2.75, 3.05) is 46.5 Å². The minimum atomic E-state index is 0. The van der Waals surface area contributed by atoms with Gasteiger partial charge in [0.25, 0.3) is 0 Å². The molecule has 2 aliphatic rings. The molecule has 1 spiro atoms. The molecule has 6 nitrogen and oxygen atoms in total. The molecule has 1 aromatic rings. The molecule has 24 heavy (non-hydrogen) atoms. The molecule has 0 aliphatic carbocycles. The maximum atomic E-state index is 5.59. The summed E-state index contributed by atoms with van der Waals surface area (Å²) in [5, 5.41) is 3.44. The van der Waals surface area contributed by atoms with Crippen LogP contribution in [0.5, 0.6) is 0 Å². The van der Waals surface area contributed by atoms with Crippen molar-refractivity contribution in [2.24, 2.45) is 10.4 Å². The molecule has 0 aromatic carbocycles. The highest BCUT2D eigenvalue weighted by Gasteiger charge is 2.42. The molecule has 1 atom stereocenters. The molecule has 1 unspecified atom stereocenters. The lowest BCUT2D eigenvalue weighted by molar-refractivity contribution is 0.104. The molecule has 7 heteroatoms. The molecule has 0 radical (unpaired) electrons. The van der Waals surface area contributed by atoms with E-state index in [2.05, 4.69) is 15.2 Å². The summed E-state index contributed by atoms with van der Waals surface area (Å²) < 4.78 is 16.4. The van der Waals surface area contributed by atoms with Gasteiger partial charge in [0.15, 0.2) is 5.96 Å². The summed E-state index contributed by atoms with van der Waals surface area (Å²) in [6.45, 7) is 6.05. The maximum Gasteiger partial charge on any atom is 0.193 e. The molecule has 0 saturated carbocycles. The molecule has 0 amide bonds. The molecule has 2 fully saturated rings. The summed E-state index contributed by atoms with van der Waals surface area (Å²) in [6, 6.07) is 3.80. The average molecular weight is 449 g/mol. The lowest BCUT2D eigenvalue weighted by Crippen LogP contribution is -2.42. The molecule has 3 rings (SSSR count). The van der Waals surface area contributed by atoms with Crippen molar-refractivity contribution < 1.29 is 13.9 Å². The van der Waals surface area contributed by atoms with Crippen molar-refractivity contribution in [2.45, 2.75) is 25.9 Å². The fourth-order valence-electron chi connectivity index (χ4n) is 3.36. The van der Waals surface area contributed by atoms with E-state index in [0.717, 1.165) is 51.0 Å². The molecular weight excluding hydrogens is 421 g/mol. The van der Waals surface area contributed by atoms with Gasteiger partial charge in [0.05, 0.1) is 12.9 Å². The Hall–Kier alpha value is -0.800. The van der Waals surface area contributed by atoms with Gasteiger partial charge in [0.2, 0.25) is 0 Å². The number of guanidine groups is 1. The number of rotatable bonds is 6. The highest BCUT2D eigenvalue weighted by molar-refractivity contribution is 14.0. The van der Waals surface area contributed by atoms with Crippen LogP contribution in [0.2, 0.25) is 0 Å². The first-order chi connectivity index (χ1) is 11.3. The first kappa shape index (κ1) is 19.5. The Kier molecular flexibility index (Phi) is 7.83. The van der Waals surface area contributed by atoms with Gasteiger partial charge in [0, 0.05) is 45.3 Å². The second-order valence-electron chi connectivity index (χ2n) is 6.43. The molecule has 136 valence electrons. The number of hydrogen-bond acceptors (Lipinski definition) is 4. The van der Waals surface area contributed by atoms with Crippen LogP contribution >= 0.6 is 24.0 Å². The normalized spacial score (nSPS) is 23.7. The lowest BCUT2D eigenvalue weighted by atomic mass is 9.87. The maximum absolute atomic E-state index is 5.59. The van der Waals surface area contributed by atoms with Gasteiger partial charge in [-0.2, -0.15) is 0 Å². The van der Waals surface area contributed by atoms with Crippen molar-refractivity contribution in [3.05, 3.63) is 24.2 Å². The number of nitrogens with one attached hydrogen (secondary N) is 1. The van der Waals surface area contributed by atoms with Crippen LogP contribution < -0.4 is 5.32 Å². The number of nitrogens with zero attached hydrogens (tertiary/aromatic N) is 2. The second kappa shape index (κ2) is 9.62. The summed E-state index contributed by atoms with van der Waals surface area (Å²) in [5.41, 5.74) is 0.365. The van der Waals surface area contributed by atoms with Crippen molar-refractivity contribution in [3.63, 3.8) is 0 Å². The molecule has 1 aromatic heterocycles. The van der Waals surface area contributed by atoms with E-state index in [-0.39, 0.29) is 24.0 Å². The fraction of sp³-hybridized carbons (Fsp3) is 0.706. The predicted molar refractivity (Wildman–Crippen MR) is 104 cm³/mol. The number of aliphatic imine (C=N–C) groups is 1. The summed E-state index contributed by atoms with van der Waals surface area (Å²) >= 11 is 0. The van der Waals surface area contributed by atoms with Gasteiger partial charge in [-0.25, -0.2) is 0 Å². The molecule has 3 heterocycles. The van der Waals surface area contributed by atoms with Crippen molar-refractivity contribution in [3.8, 4) is 0 Å². The van der Waals surface area contributed by atoms with Crippen LogP contribution in [0, 0.1) is 5.41 Å². The highest BCUT2D eigenvalue weighted by Crippen LogP contribution is 2.38. The number of ether oxygens (including phenoxy) is 2. The zero-order valence-corrected chi connectivity index (χ0v) is 16.7. The van der Waals surface area contributed by atoms with Gasteiger partial charge in [-0.05, 0) is 31.4 Å². The molecular formula is C17H28IN3O3. The number of furan rings is 1. The Bertz CT molecular complexity index is 501. The topological polar surface area (TPSA) is 59.2 Å². The van der Waals surface area contributed by atoms with Gasteiger partial charge in [0.1, 0.15) is 12.4 Å². The van der Waals surface area contributed by atoms with Crippen LogP contribution in [0.15, 0.2) is 27.8 Å². The standard InChI is InChI=1S/C17H27N3O3.HI/c1-18-16(20-8-5-17(13-20)6-11-22-14-17)19-7-3-9-21-12-15-4-2-10-23-15;/h2,4,10H,3,5-9,11-14H2,1H3,(H,18,19);1H. The van der Waals surface area contributed by atoms with Crippen molar-refractivity contribution in [1.29, 1.82) is 0 Å². The SMILES string of the molecule is CN=C(NCCCOCc1ccco1)N1CCC2(CCOC2)C1.I. The second-order valence-corrected chi connectivity index (χ2v) is 6.43. The van der Waals surface area contributed by atoms with Crippen LogP contribution in [-0.2, 0) is 16.1 Å². The number of halogens is 1. The minimum absolute atomic E-state index is 0. The first-order valence-electron chi connectivity index (χ1n) is 8.45. The third-order valence-corrected chi connectivity index (χ3v) is 4.71. The average Bonchev–Trinajstić information content (AvgIpc) is 3.31. The smallest absolute Gasteiger partial charge is 0.193 e. The van der Waals surface area contributed by atoms with Crippen LogP contribution in [0.3, 0.4) is 0 Å².